The van der Waals surface area contributed by atoms with E-state index in [2.05, 4.69) is 36.2 Å². The van der Waals surface area contributed by atoms with Gasteiger partial charge in [-0.2, -0.15) is 0 Å². The monoisotopic (exact) mass is 400 g/mol. The minimum atomic E-state index is -0.889. The van der Waals surface area contributed by atoms with Crippen molar-refractivity contribution in [2.45, 2.75) is 25.6 Å². The van der Waals surface area contributed by atoms with E-state index in [-0.39, 0.29) is 12.5 Å². The number of aryl methyl sites for hydroxylation is 1. The predicted molar refractivity (Wildman–Crippen MR) is 119 cm³/mol. The Morgan fingerprint density at radius 1 is 1.00 bits per heavy atom. The SMILES string of the molecule is Cc1ccc2[nH]cc(-c3cccc4cc(C(=O)N5CC[C@H](O)[C@@H](O)C5)ccc34)c2c1. The average molecular weight is 400 g/mol. The molecule has 1 aliphatic heterocycles. The van der Waals surface area contributed by atoms with Crippen molar-refractivity contribution in [1.29, 1.82) is 0 Å². The number of β-amino-alcohol motifs (C(OH)–C–C–N with tert-alkyl or cyclic N) is 1. The number of amides is 1. The van der Waals surface area contributed by atoms with Gasteiger partial charge in [-0.15, -0.1) is 0 Å². The largest absolute Gasteiger partial charge is 0.390 e. The van der Waals surface area contributed by atoms with Crippen molar-refractivity contribution in [1.82, 2.24) is 9.88 Å². The van der Waals surface area contributed by atoms with Gasteiger partial charge in [0.2, 0.25) is 0 Å². The molecule has 1 aliphatic rings. The molecule has 2 heterocycles. The topological polar surface area (TPSA) is 76.6 Å². The highest BCUT2D eigenvalue weighted by atomic mass is 16.3. The van der Waals surface area contributed by atoms with Crippen molar-refractivity contribution >= 4 is 27.6 Å². The number of aliphatic hydroxyl groups is 2. The number of benzene rings is 3. The number of aromatic nitrogens is 1. The lowest BCUT2D eigenvalue weighted by Crippen LogP contribution is -2.48. The Morgan fingerprint density at radius 2 is 1.87 bits per heavy atom. The van der Waals surface area contributed by atoms with E-state index in [1.165, 1.54) is 10.9 Å². The molecule has 1 fully saturated rings. The number of likely N-dealkylation sites (tertiary alicyclic amines) is 1. The van der Waals surface area contributed by atoms with Gasteiger partial charge >= 0.3 is 0 Å². The zero-order valence-electron chi connectivity index (χ0n) is 16.8. The van der Waals surface area contributed by atoms with E-state index >= 15 is 0 Å². The molecule has 4 aromatic rings. The maximum absolute atomic E-state index is 12.9. The van der Waals surface area contributed by atoms with Gasteiger partial charge in [-0.25, -0.2) is 0 Å². The number of hydrogen-bond donors (Lipinski definition) is 3. The molecule has 3 N–H and O–H groups in total. The summed E-state index contributed by atoms with van der Waals surface area (Å²) in [4.78, 5) is 17.9. The predicted octanol–water partition coefficient (Wildman–Crippen LogP) is 3.86. The number of H-pyrrole nitrogens is 1. The van der Waals surface area contributed by atoms with Crippen molar-refractivity contribution in [3.63, 3.8) is 0 Å². The fourth-order valence-electron chi connectivity index (χ4n) is 4.40. The first kappa shape index (κ1) is 18.9. The Morgan fingerprint density at radius 3 is 2.70 bits per heavy atom. The number of piperidine rings is 1. The first-order valence-electron chi connectivity index (χ1n) is 10.3. The number of nitrogens with one attached hydrogen (secondary N) is 1. The number of fused-ring (bicyclic) bond motifs is 2. The smallest absolute Gasteiger partial charge is 0.253 e. The van der Waals surface area contributed by atoms with Crippen LogP contribution in [0, 0.1) is 6.92 Å². The molecule has 1 aromatic heterocycles. The molecule has 5 heteroatoms. The molecule has 3 aromatic carbocycles. The summed E-state index contributed by atoms with van der Waals surface area (Å²) < 4.78 is 0. The molecule has 2 atom stereocenters. The molecule has 0 saturated carbocycles. The number of nitrogens with zero attached hydrogens (tertiary/aromatic N) is 1. The van der Waals surface area contributed by atoms with Crippen LogP contribution in [-0.2, 0) is 0 Å². The van der Waals surface area contributed by atoms with Gasteiger partial charge in [-0.1, -0.05) is 35.9 Å². The fraction of sp³-hybridized carbons (Fsp3) is 0.240. The third kappa shape index (κ3) is 3.16. The lowest BCUT2D eigenvalue weighted by molar-refractivity contribution is -0.0321. The fourth-order valence-corrected chi connectivity index (χ4v) is 4.40. The molecule has 0 unspecified atom stereocenters. The average Bonchev–Trinajstić information content (AvgIpc) is 3.17. The van der Waals surface area contributed by atoms with E-state index < -0.39 is 12.2 Å². The second-order valence-electron chi connectivity index (χ2n) is 8.17. The van der Waals surface area contributed by atoms with Crippen molar-refractivity contribution in [3.05, 3.63) is 71.9 Å². The first-order chi connectivity index (χ1) is 14.5. The highest BCUT2D eigenvalue weighted by Gasteiger charge is 2.29. The molecule has 152 valence electrons. The summed E-state index contributed by atoms with van der Waals surface area (Å²) in [6.07, 6.45) is 0.788. The van der Waals surface area contributed by atoms with Crippen molar-refractivity contribution in [2.24, 2.45) is 0 Å². The van der Waals surface area contributed by atoms with Gasteiger partial charge in [0.05, 0.1) is 12.2 Å². The van der Waals surface area contributed by atoms with Gasteiger partial charge in [-0.3, -0.25) is 4.79 Å². The van der Waals surface area contributed by atoms with E-state index in [0.29, 0.717) is 18.5 Å². The van der Waals surface area contributed by atoms with Crippen LogP contribution in [0.25, 0.3) is 32.8 Å². The maximum atomic E-state index is 12.9. The number of aromatic amines is 1. The summed E-state index contributed by atoms with van der Waals surface area (Å²) in [6.45, 7) is 2.70. The molecular weight excluding hydrogens is 376 g/mol. The van der Waals surface area contributed by atoms with Crippen LogP contribution < -0.4 is 0 Å². The quantitative estimate of drug-likeness (QED) is 0.478. The highest BCUT2D eigenvalue weighted by Crippen LogP contribution is 2.34. The van der Waals surface area contributed by atoms with Crippen LogP contribution in [0.3, 0.4) is 0 Å². The molecule has 0 bridgehead atoms. The van der Waals surface area contributed by atoms with Gasteiger partial charge in [0.25, 0.3) is 5.91 Å². The maximum Gasteiger partial charge on any atom is 0.253 e. The summed E-state index contributed by atoms with van der Waals surface area (Å²) in [7, 11) is 0. The first-order valence-corrected chi connectivity index (χ1v) is 10.3. The number of hydrogen-bond acceptors (Lipinski definition) is 3. The number of rotatable bonds is 2. The minimum absolute atomic E-state index is 0.115. The number of aliphatic hydroxyl groups excluding tert-OH is 2. The van der Waals surface area contributed by atoms with Crippen LogP contribution in [0.15, 0.2) is 60.8 Å². The molecule has 0 aliphatic carbocycles. The van der Waals surface area contributed by atoms with Gasteiger partial charge in [-0.05, 0) is 53.9 Å². The summed E-state index contributed by atoms with van der Waals surface area (Å²) in [5, 5.41) is 22.9. The third-order valence-electron chi connectivity index (χ3n) is 6.09. The standard InChI is InChI=1S/C25H24N2O3/c1-15-5-8-22-20(11-15)21(13-26-22)19-4-2-3-16-12-17(6-7-18(16)19)25(30)27-10-9-23(28)24(29)14-27/h2-8,11-13,23-24,26,28-29H,9-10,14H2,1H3/t23-,24-/m0/s1. The molecule has 0 radical (unpaired) electrons. The summed E-state index contributed by atoms with van der Waals surface area (Å²) >= 11 is 0. The van der Waals surface area contributed by atoms with Gasteiger partial charge in [0.15, 0.2) is 0 Å². The molecule has 1 amide bonds. The Bertz CT molecular complexity index is 1260. The Kier molecular flexibility index (Phi) is 4.57. The van der Waals surface area contributed by atoms with Crippen LogP contribution in [0.5, 0.6) is 0 Å². The summed E-state index contributed by atoms with van der Waals surface area (Å²) in [5.74, 6) is -0.115. The van der Waals surface area contributed by atoms with Crippen LogP contribution >= 0.6 is 0 Å². The van der Waals surface area contributed by atoms with E-state index in [1.54, 1.807) is 4.90 Å². The summed E-state index contributed by atoms with van der Waals surface area (Å²) in [6, 6.07) is 18.3. The number of carbonyl (C=O) groups is 1. The molecule has 30 heavy (non-hydrogen) atoms. The van der Waals surface area contributed by atoms with Crippen LogP contribution in [-0.4, -0.2) is 51.3 Å². The van der Waals surface area contributed by atoms with Crippen LogP contribution in [0.2, 0.25) is 0 Å². The molecule has 5 nitrogen and oxygen atoms in total. The van der Waals surface area contributed by atoms with Crippen LogP contribution in [0.1, 0.15) is 22.3 Å². The molecule has 0 spiro atoms. The number of carbonyl (C=O) groups excluding carboxylic acids is 1. The molecule has 5 rings (SSSR count). The van der Waals surface area contributed by atoms with Gasteiger partial charge in [0, 0.05) is 41.3 Å². The highest BCUT2D eigenvalue weighted by molar-refractivity contribution is 6.07. The lowest BCUT2D eigenvalue weighted by atomic mass is 9.95. The van der Waals surface area contributed by atoms with Crippen molar-refractivity contribution < 1.29 is 15.0 Å². The van der Waals surface area contributed by atoms with Crippen LogP contribution in [0.4, 0.5) is 0 Å². The Labute approximate surface area is 174 Å². The third-order valence-corrected chi connectivity index (χ3v) is 6.09. The van der Waals surface area contributed by atoms with E-state index in [1.807, 2.05) is 36.5 Å². The molecule has 1 saturated heterocycles. The van der Waals surface area contributed by atoms with E-state index in [9.17, 15) is 15.0 Å². The minimum Gasteiger partial charge on any atom is -0.390 e. The second kappa shape index (κ2) is 7.27. The Hall–Kier alpha value is -3.15. The van der Waals surface area contributed by atoms with Crippen molar-refractivity contribution in [2.75, 3.05) is 13.1 Å². The molecular formula is C25H24N2O3. The van der Waals surface area contributed by atoms with Gasteiger partial charge < -0.3 is 20.1 Å². The zero-order valence-corrected chi connectivity index (χ0v) is 16.8. The normalized spacial score (nSPS) is 19.5. The van der Waals surface area contributed by atoms with E-state index in [0.717, 1.165) is 27.4 Å². The van der Waals surface area contributed by atoms with E-state index in [4.69, 9.17) is 0 Å². The Balaban J connectivity index is 1.54. The lowest BCUT2D eigenvalue weighted by Gasteiger charge is -2.33. The van der Waals surface area contributed by atoms with Gasteiger partial charge in [0.1, 0.15) is 0 Å². The second-order valence-corrected chi connectivity index (χ2v) is 8.17. The zero-order chi connectivity index (χ0) is 20.8. The summed E-state index contributed by atoms with van der Waals surface area (Å²) in [5.41, 5.74) is 5.18. The van der Waals surface area contributed by atoms with Crippen molar-refractivity contribution in [3.8, 4) is 11.1 Å².